The van der Waals surface area contributed by atoms with Gasteiger partial charge in [0.25, 0.3) is 0 Å². The Morgan fingerprint density at radius 1 is 1.32 bits per heavy atom. The van der Waals surface area contributed by atoms with E-state index in [0.29, 0.717) is 19.6 Å². The summed E-state index contributed by atoms with van der Waals surface area (Å²) in [5.41, 5.74) is 1.12. The normalized spacial score (nSPS) is 25.0. The van der Waals surface area contributed by atoms with Crippen molar-refractivity contribution >= 4 is 0 Å². The van der Waals surface area contributed by atoms with Gasteiger partial charge in [0.05, 0.1) is 32.5 Å². The Hall–Kier alpha value is -1.56. The van der Waals surface area contributed by atoms with Gasteiger partial charge in [0.1, 0.15) is 0 Å². The largest absolute Gasteiger partial charge is 0.466 e. The number of methoxy groups -OCH3 is 1. The zero-order chi connectivity index (χ0) is 16.0. The average molecular weight is 307 g/mol. The molecular formula is C17H23O5. The maximum atomic E-state index is 11.4. The van der Waals surface area contributed by atoms with Crippen molar-refractivity contribution in [1.29, 1.82) is 0 Å². The fourth-order valence-corrected chi connectivity index (χ4v) is 2.46. The van der Waals surface area contributed by atoms with E-state index >= 15 is 0 Å². The van der Waals surface area contributed by atoms with Gasteiger partial charge in [-0.1, -0.05) is 30.3 Å². The summed E-state index contributed by atoms with van der Waals surface area (Å²) < 4.78 is 21.9. The summed E-state index contributed by atoms with van der Waals surface area (Å²) in [6, 6.07) is 9.97. The van der Waals surface area contributed by atoms with Crippen LogP contribution in [0.3, 0.4) is 0 Å². The second-order valence-electron chi connectivity index (χ2n) is 5.72. The van der Waals surface area contributed by atoms with Crippen molar-refractivity contribution in [2.75, 3.05) is 13.7 Å². The highest BCUT2D eigenvalue weighted by atomic mass is 16.7. The molecule has 0 amide bonds. The maximum Gasteiger partial charge on any atom is 0.329 e. The van der Waals surface area contributed by atoms with Crippen LogP contribution in [0.15, 0.2) is 42.4 Å². The topological polar surface area (TPSA) is 56.8 Å². The number of benzene rings is 1. The third-order valence-electron chi connectivity index (χ3n) is 3.32. The predicted molar refractivity (Wildman–Crippen MR) is 80.3 cm³/mol. The van der Waals surface area contributed by atoms with Crippen molar-refractivity contribution in [3.05, 3.63) is 47.9 Å². The van der Waals surface area contributed by atoms with Gasteiger partial charge in [0, 0.05) is 12.5 Å². The van der Waals surface area contributed by atoms with E-state index in [1.54, 1.807) is 0 Å². The Balaban J connectivity index is 1.87. The quantitative estimate of drug-likeness (QED) is 0.758. The molecule has 1 aliphatic heterocycles. The van der Waals surface area contributed by atoms with Crippen LogP contribution in [-0.2, 0) is 30.7 Å². The Morgan fingerprint density at radius 3 is 2.73 bits per heavy atom. The van der Waals surface area contributed by atoms with Gasteiger partial charge in [-0.25, -0.2) is 5.11 Å². The van der Waals surface area contributed by atoms with Gasteiger partial charge in [-0.2, -0.15) is 0 Å². The van der Waals surface area contributed by atoms with E-state index in [0.717, 1.165) is 5.56 Å². The molecule has 0 aromatic heterocycles. The minimum absolute atomic E-state index is 0.127. The molecular weight excluding hydrogens is 284 g/mol. The molecule has 1 saturated heterocycles. The van der Waals surface area contributed by atoms with Gasteiger partial charge >= 0.3 is 5.95 Å². The maximum absolute atomic E-state index is 11.4. The molecule has 0 saturated carbocycles. The summed E-state index contributed by atoms with van der Waals surface area (Å²) in [5.74, 6) is -1.15. The molecule has 0 aliphatic carbocycles. The minimum atomic E-state index is -0.756. The van der Waals surface area contributed by atoms with Gasteiger partial charge in [0.2, 0.25) is 0 Å². The van der Waals surface area contributed by atoms with Crippen LogP contribution in [0.5, 0.6) is 0 Å². The molecule has 1 fully saturated rings. The lowest BCUT2D eigenvalue weighted by Gasteiger charge is -2.39. The van der Waals surface area contributed by atoms with Crippen LogP contribution in [0.25, 0.3) is 0 Å². The summed E-state index contributed by atoms with van der Waals surface area (Å²) >= 11 is 0. The van der Waals surface area contributed by atoms with Crippen molar-refractivity contribution in [3.63, 3.8) is 0 Å². The molecule has 2 atom stereocenters. The van der Waals surface area contributed by atoms with E-state index in [2.05, 4.69) is 4.74 Å². The lowest BCUT2D eigenvalue weighted by atomic mass is 10.1. The van der Waals surface area contributed by atoms with Gasteiger partial charge in [-0.3, -0.25) is 0 Å². The summed E-state index contributed by atoms with van der Waals surface area (Å²) in [6.07, 6.45) is 1.54. The van der Waals surface area contributed by atoms with Crippen LogP contribution in [0.1, 0.15) is 25.8 Å². The minimum Gasteiger partial charge on any atom is -0.466 e. The lowest BCUT2D eigenvalue weighted by molar-refractivity contribution is -0.297. The van der Waals surface area contributed by atoms with Crippen LogP contribution in [-0.4, -0.2) is 31.7 Å². The Morgan fingerprint density at radius 2 is 2.05 bits per heavy atom. The predicted octanol–water partition coefficient (Wildman–Crippen LogP) is 3.03. The van der Waals surface area contributed by atoms with Crippen LogP contribution < -0.4 is 0 Å². The Bertz CT molecular complexity index is 483. The highest BCUT2D eigenvalue weighted by molar-refractivity contribution is 5.13. The number of rotatable bonds is 6. The van der Waals surface area contributed by atoms with Gasteiger partial charge in [-0.05, 0) is 19.4 Å². The molecule has 1 aliphatic rings. The van der Waals surface area contributed by atoms with Crippen molar-refractivity contribution in [2.45, 2.75) is 44.9 Å². The van der Waals surface area contributed by atoms with Crippen LogP contribution >= 0.6 is 0 Å². The molecule has 1 aromatic carbocycles. The Kier molecular flexibility index (Phi) is 5.83. The van der Waals surface area contributed by atoms with E-state index in [4.69, 9.17) is 14.2 Å². The highest BCUT2D eigenvalue weighted by Gasteiger charge is 2.35. The van der Waals surface area contributed by atoms with Crippen LogP contribution in [0.4, 0.5) is 0 Å². The van der Waals surface area contributed by atoms with Crippen LogP contribution in [0, 0.1) is 0 Å². The second kappa shape index (κ2) is 7.63. The van der Waals surface area contributed by atoms with Gasteiger partial charge in [-0.15, -0.1) is 0 Å². The zero-order valence-electron chi connectivity index (χ0n) is 13.3. The number of hydrogen-bond acceptors (Lipinski definition) is 4. The van der Waals surface area contributed by atoms with Crippen molar-refractivity contribution in [3.8, 4) is 0 Å². The number of ether oxygens (including phenoxy) is 4. The summed E-state index contributed by atoms with van der Waals surface area (Å²) in [4.78, 5) is 0. The molecule has 0 unspecified atom stereocenters. The standard InChI is InChI=1S/C17H23O5/c1-17(2)21-14(10-16(18)19-3)9-15(22-17)12-20-11-13-7-5-4-6-8-13/h4-8,10,14-15H,9,11-12H2,1-3H3/t14-,15+/m0/s1. The molecule has 0 N–H and O–H groups in total. The third kappa shape index (κ3) is 5.33. The van der Waals surface area contributed by atoms with Crippen molar-refractivity contribution < 1.29 is 24.1 Å². The first-order valence-electron chi connectivity index (χ1n) is 7.38. The van der Waals surface area contributed by atoms with Crippen molar-refractivity contribution in [1.82, 2.24) is 0 Å². The molecule has 2 rings (SSSR count). The first kappa shape index (κ1) is 16.8. The van der Waals surface area contributed by atoms with Crippen LogP contribution in [0.2, 0.25) is 0 Å². The monoisotopic (exact) mass is 307 g/mol. The smallest absolute Gasteiger partial charge is 0.329 e. The average Bonchev–Trinajstić information content (AvgIpc) is 2.46. The first-order chi connectivity index (χ1) is 10.5. The Labute approximate surface area is 131 Å². The molecule has 22 heavy (non-hydrogen) atoms. The molecule has 0 spiro atoms. The molecule has 1 radical (unpaired) electrons. The lowest BCUT2D eigenvalue weighted by Crippen LogP contribution is -2.45. The summed E-state index contributed by atoms with van der Waals surface area (Å²) in [6.45, 7) is 4.64. The second-order valence-corrected chi connectivity index (χ2v) is 5.72. The highest BCUT2D eigenvalue weighted by Crippen LogP contribution is 2.28. The van der Waals surface area contributed by atoms with Gasteiger partial charge in [0.15, 0.2) is 5.79 Å². The molecule has 5 nitrogen and oxygen atoms in total. The SMILES string of the molecule is COC([O])=C[C@@H]1C[C@H](COCc2ccccc2)OC(C)(C)O1. The van der Waals surface area contributed by atoms with E-state index in [9.17, 15) is 5.11 Å². The van der Waals surface area contributed by atoms with Crippen molar-refractivity contribution in [2.24, 2.45) is 0 Å². The molecule has 5 heteroatoms. The molecule has 1 heterocycles. The summed E-state index contributed by atoms with van der Waals surface area (Å²) in [5, 5.41) is 11.4. The number of hydrogen-bond donors (Lipinski definition) is 0. The van der Waals surface area contributed by atoms with E-state index in [-0.39, 0.29) is 12.2 Å². The van der Waals surface area contributed by atoms with E-state index < -0.39 is 11.7 Å². The molecule has 1 aromatic rings. The fraction of sp³-hybridized carbons (Fsp3) is 0.529. The zero-order valence-corrected chi connectivity index (χ0v) is 13.3. The first-order valence-corrected chi connectivity index (χ1v) is 7.38. The van der Waals surface area contributed by atoms with E-state index in [1.165, 1.54) is 13.2 Å². The van der Waals surface area contributed by atoms with Gasteiger partial charge < -0.3 is 18.9 Å². The fourth-order valence-electron chi connectivity index (χ4n) is 2.46. The molecule has 121 valence electrons. The van der Waals surface area contributed by atoms with E-state index in [1.807, 2.05) is 44.2 Å². The summed E-state index contributed by atoms with van der Waals surface area (Å²) in [7, 11) is 1.35. The third-order valence-corrected chi connectivity index (χ3v) is 3.32. The molecule has 0 bridgehead atoms.